The van der Waals surface area contributed by atoms with Crippen LogP contribution in [0.5, 0.6) is 0 Å². The van der Waals surface area contributed by atoms with Gasteiger partial charge >= 0.3 is 0 Å². The van der Waals surface area contributed by atoms with Crippen molar-refractivity contribution in [3.63, 3.8) is 0 Å². The van der Waals surface area contributed by atoms with Crippen LogP contribution < -0.4 is 4.90 Å². The Morgan fingerprint density at radius 1 is 0.933 bits per heavy atom. The Balaban J connectivity index is 1.34. The lowest BCUT2D eigenvalue weighted by atomic mass is 9.59. The molecule has 0 N–H and O–H groups in total. The van der Waals surface area contributed by atoms with Crippen molar-refractivity contribution in [2.45, 2.75) is 73.8 Å². The molecule has 3 saturated heterocycles. The molecule has 2 bridgehead atoms. The highest BCUT2D eigenvalue weighted by molar-refractivity contribution is 8.77. The largest absolute Gasteiger partial charge is 0.373 e. The van der Waals surface area contributed by atoms with Gasteiger partial charge in [-0.1, -0.05) is 43.4 Å². The topological polar surface area (TPSA) is 98.2 Å². The number of aromatic nitrogens is 4. The van der Waals surface area contributed by atoms with E-state index in [9.17, 15) is 9.59 Å². The smallest absolute Gasteiger partial charge is 0.245 e. The maximum absolute atomic E-state index is 13.3. The predicted molar refractivity (Wildman–Crippen MR) is 117 cm³/mol. The van der Waals surface area contributed by atoms with E-state index in [4.69, 9.17) is 4.74 Å². The first kappa shape index (κ1) is 20.8. The molecule has 3 aliphatic rings. The zero-order valence-electron chi connectivity index (χ0n) is 17.2. The van der Waals surface area contributed by atoms with Gasteiger partial charge in [0.2, 0.25) is 16.9 Å². The summed E-state index contributed by atoms with van der Waals surface area (Å²) in [4.78, 5) is 27.9. The third-order valence-corrected chi connectivity index (χ3v) is 11.7. The summed E-state index contributed by atoms with van der Waals surface area (Å²) in [6.07, 6.45) is 1.22. The number of nitrogens with zero attached hydrogens (tertiary/aromatic N) is 5. The molecule has 12 heteroatoms. The van der Waals surface area contributed by atoms with E-state index in [1.165, 1.54) is 37.8 Å². The third kappa shape index (κ3) is 2.70. The molecule has 0 unspecified atom stereocenters. The minimum absolute atomic E-state index is 0.0407. The second-order valence-corrected chi connectivity index (χ2v) is 13.7. The van der Waals surface area contributed by atoms with Crippen molar-refractivity contribution in [1.82, 2.24) is 20.4 Å². The Morgan fingerprint density at radius 2 is 1.47 bits per heavy atom. The fraction of sp³-hybridized carbons (Fsp3) is 0.667. The summed E-state index contributed by atoms with van der Waals surface area (Å²) in [5.41, 5.74) is -1.71. The lowest BCUT2D eigenvalue weighted by molar-refractivity contribution is -0.132. The molecule has 3 aliphatic heterocycles. The Bertz CT molecular complexity index is 1010. The van der Waals surface area contributed by atoms with E-state index in [2.05, 4.69) is 41.2 Å². The van der Waals surface area contributed by atoms with Crippen molar-refractivity contribution >= 4 is 61.2 Å². The lowest BCUT2D eigenvalue weighted by Gasteiger charge is -2.36. The summed E-state index contributed by atoms with van der Waals surface area (Å²) in [6.45, 7) is 10.0. The van der Waals surface area contributed by atoms with Crippen LogP contribution in [0.3, 0.4) is 0 Å². The van der Waals surface area contributed by atoms with Gasteiger partial charge in [-0.25, -0.2) is 4.90 Å². The summed E-state index contributed by atoms with van der Waals surface area (Å²) >= 11 is 2.80. The molecule has 2 aromatic rings. The van der Waals surface area contributed by atoms with Gasteiger partial charge < -0.3 is 4.74 Å². The molecule has 0 aromatic carbocycles. The van der Waals surface area contributed by atoms with Gasteiger partial charge in [0.1, 0.15) is 5.01 Å². The monoisotopic (exact) mass is 483 g/mol. The van der Waals surface area contributed by atoms with Crippen LogP contribution in [0.2, 0.25) is 0 Å². The van der Waals surface area contributed by atoms with Crippen molar-refractivity contribution in [2.24, 2.45) is 10.8 Å². The molecule has 2 aromatic heterocycles. The summed E-state index contributed by atoms with van der Waals surface area (Å²) in [7, 11) is 2.86. The number of hydrogen-bond donors (Lipinski definition) is 0. The molecule has 5 rings (SSSR count). The van der Waals surface area contributed by atoms with Crippen molar-refractivity contribution in [3.8, 4) is 0 Å². The predicted octanol–water partition coefficient (Wildman–Crippen LogP) is 3.93. The van der Waals surface area contributed by atoms with Crippen molar-refractivity contribution in [3.05, 3.63) is 5.01 Å². The number of amides is 2. The van der Waals surface area contributed by atoms with Gasteiger partial charge in [-0.3, -0.25) is 9.59 Å². The summed E-state index contributed by atoms with van der Waals surface area (Å²) in [6, 6.07) is 0. The lowest BCUT2D eigenvalue weighted by Crippen LogP contribution is -2.48. The zero-order valence-corrected chi connectivity index (χ0v) is 20.4. The van der Waals surface area contributed by atoms with Crippen molar-refractivity contribution in [1.29, 1.82) is 0 Å². The quantitative estimate of drug-likeness (QED) is 0.364. The molecule has 0 aliphatic carbocycles. The Morgan fingerprint density at radius 3 is 2.00 bits per heavy atom. The minimum Gasteiger partial charge on any atom is -0.373 e. The van der Waals surface area contributed by atoms with Gasteiger partial charge in [0.25, 0.3) is 0 Å². The molecular formula is C18H21N5O3S4. The van der Waals surface area contributed by atoms with Crippen LogP contribution in [0.15, 0.2) is 8.68 Å². The SMILES string of the molecule is CC(C)(C)c1nnc(SSc2nnc(N3C(=O)[C@@]4(C)[C@@H]5CC[C@@H](O5)[C@@]4(C)C3=O)s2)s1. The van der Waals surface area contributed by atoms with Gasteiger partial charge in [0.05, 0.1) is 23.0 Å². The number of carbonyl (C=O) groups is 2. The number of anilines is 1. The molecule has 0 spiro atoms. The van der Waals surface area contributed by atoms with Crippen LogP contribution in [-0.4, -0.2) is 44.4 Å². The fourth-order valence-electron chi connectivity index (χ4n) is 4.55. The Hall–Kier alpha value is -1.08. The van der Waals surface area contributed by atoms with Gasteiger partial charge in [-0.2, -0.15) is 0 Å². The molecular weight excluding hydrogens is 462 g/mol. The van der Waals surface area contributed by atoms with Crippen molar-refractivity contribution < 1.29 is 14.3 Å². The summed E-state index contributed by atoms with van der Waals surface area (Å²) < 4.78 is 7.46. The summed E-state index contributed by atoms with van der Waals surface area (Å²) in [5, 5.41) is 18.1. The minimum atomic E-state index is -0.837. The molecule has 2 amide bonds. The number of imide groups is 1. The van der Waals surface area contributed by atoms with E-state index in [1.807, 2.05) is 13.8 Å². The van der Waals surface area contributed by atoms with Gasteiger partial charge in [-0.15, -0.1) is 20.4 Å². The standard InChI is InChI=1S/C18H21N5O3S4/c1-16(2,3)10-19-21-14(27-10)29-30-15-22-20-13(28-15)23-11(24)17(4)8-6-7-9(26-8)18(17,5)12(23)25/h8-9H,6-7H2,1-5H3/t8-,9+,17+,18-. The first-order chi connectivity index (χ1) is 14.1. The Kier molecular flexibility index (Phi) is 4.65. The molecule has 30 heavy (non-hydrogen) atoms. The normalized spacial score (nSPS) is 33.0. The fourth-order valence-corrected chi connectivity index (χ4v) is 8.64. The zero-order chi connectivity index (χ0) is 21.5. The molecule has 160 valence electrons. The van der Waals surface area contributed by atoms with Crippen LogP contribution in [0.4, 0.5) is 5.13 Å². The first-order valence-electron chi connectivity index (χ1n) is 9.63. The number of ether oxygens (including phenoxy) is 1. The van der Waals surface area contributed by atoms with Gasteiger partial charge in [-0.05, 0) is 48.3 Å². The maximum Gasteiger partial charge on any atom is 0.245 e. The van der Waals surface area contributed by atoms with E-state index < -0.39 is 10.8 Å². The Labute approximate surface area is 190 Å². The number of carbonyl (C=O) groups excluding carboxylic acids is 2. The second kappa shape index (κ2) is 6.71. The summed E-state index contributed by atoms with van der Waals surface area (Å²) in [5.74, 6) is -0.442. The second-order valence-electron chi connectivity index (χ2n) is 9.18. The number of hydrogen-bond acceptors (Lipinski definition) is 11. The molecule has 3 fully saturated rings. The van der Waals surface area contributed by atoms with Crippen LogP contribution in [0, 0.1) is 10.8 Å². The molecule has 0 radical (unpaired) electrons. The third-order valence-electron chi connectivity index (χ3n) is 6.50. The van der Waals surface area contributed by atoms with Crippen LogP contribution >= 0.6 is 44.3 Å². The van der Waals surface area contributed by atoms with Crippen LogP contribution in [0.25, 0.3) is 0 Å². The molecule has 0 saturated carbocycles. The number of rotatable bonds is 4. The van der Waals surface area contributed by atoms with Crippen molar-refractivity contribution in [2.75, 3.05) is 4.90 Å². The highest BCUT2D eigenvalue weighted by Gasteiger charge is 2.77. The van der Waals surface area contributed by atoms with Crippen LogP contribution in [-0.2, 0) is 19.7 Å². The van der Waals surface area contributed by atoms with E-state index >= 15 is 0 Å². The highest BCUT2D eigenvalue weighted by Crippen LogP contribution is 2.64. The highest BCUT2D eigenvalue weighted by atomic mass is 33.1. The molecule has 4 atom stereocenters. The van der Waals surface area contributed by atoms with E-state index in [0.29, 0.717) is 9.47 Å². The van der Waals surface area contributed by atoms with E-state index in [0.717, 1.165) is 22.2 Å². The maximum atomic E-state index is 13.3. The average Bonchev–Trinajstić information content (AvgIpc) is 3.47. The molecule has 5 heterocycles. The van der Waals surface area contributed by atoms with E-state index in [-0.39, 0.29) is 29.4 Å². The van der Waals surface area contributed by atoms with Gasteiger partial charge in [0, 0.05) is 5.41 Å². The van der Waals surface area contributed by atoms with Gasteiger partial charge in [0.15, 0.2) is 8.68 Å². The molecule has 8 nitrogen and oxygen atoms in total. The first-order valence-corrected chi connectivity index (χ1v) is 13.4. The van der Waals surface area contributed by atoms with Crippen LogP contribution in [0.1, 0.15) is 52.5 Å². The number of fused-ring (bicyclic) bond motifs is 5. The average molecular weight is 484 g/mol. The van der Waals surface area contributed by atoms with E-state index in [1.54, 1.807) is 11.3 Å².